The first kappa shape index (κ1) is 16.2. The van der Waals surface area contributed by atoms with Gasteiger partial charge in [0.15, 0.2) is 5.67 Å². The Bertz CT molecular complexity index is 791. The number of phenols is 2. The molecule has 0 unspecified atom stereocenters. The maximum absolute atomic E-state index is 15.1. The molecule has 0 saturated carbocycles. The number of benzene rings is 2. The minimum absolute atomic E-state index is 0.0355. The molecule has 7 heteroatoms. The fourth-order valence-corrected chi connectivity index (χ4v) is 2.87. The van der Waals surface area contributed by atoms with Crippen molar-refractivity contribution in [2.24, 2.45) is 0 Å². The lowest BCUT2D eigenvalue weighted by Gasteiger charge is -2.22. The van der Waals surface area contributed by atoms with Crippen molar-refractivity contribution in [2.75, 3.05) is 13.1 Å². The number of aromatic hydroxyl groups is 2. The molecule has 24 heavy (non-hydrogen) atoms. The molecule has 0 aromatic heterocycles. The third kappa shape index (κ3) is 2.89. The van der Waals surface area contributed by atoms with Gasteiger partial charge in [0.25, 0.3) is 5.91 Å². The van der Waals surface area contributed by atoms with Crippen LogP contribution in [-0.2, 0) is 5.67 Å². The van der Waals surface area contributed by atoms with E-state index < -0.39 is 29.0 Å². The van der Waals surface area contributed by atoms with Crippen LogP contribution in [0.5, 0.6) is 11.5 Å². The van der Waals surface area contributed by atoms with E-state index in [0.29, 0.717) is 6.07 Å². The summed E-state index contributed by atoms with van der Waals surface area (Å²) in [4.78, 5) is 13.6. The van der Waals surface area contributed by atoms with E-state index in [4.69, 9.17) is 0 Å². The second-order valence-corrected chi connectivity index (χ2v) is 5.80. The van der Waals surface area contributed by atoms with Gasteiger partial charge in [-0.1, -0.05) is 0 Å². The van der Waals surface area contributed by atoms with Crippen molar-refractivity contribution >= 4 is 5.91 Å². The Morgan fingerprint density at radius 1 is 1.08 bits per heavy atom. The summed E-state index contributed by atoms with van der Waals surface area (Å²) in [6.07, 6.45) is -0.111. The number of rotatable bonds is 2. The van der Waals surface area contributed by atoms with Crippen LogP contribution in [0.25, 0.3) is 0 Å². The quantitative estimate of drug-likeness (QED) is 0.885. The first-order valence-corrected chi connectivity index (χ1v) is 7.25. The number of likely N-dealkylation sites (tertiary alicyclic amines) is 1. The Labute approximate surface area is 135 Å². The minimum Gasteiger partial charge on any atom is -0.508 e. The molecular formula is C17H14F3NO3. The second-order valence-electron chi connectivity index (χ2n) is 5.80. The van der Waals surface area contributed by atoms with Crippen LogP contribution in [0.1, 0.15) is 22.3 Å². The number of halogens is 3. The molecular weight excluding hydrogens is 323 g/mol. The Hall–Kier alpha value is -2.70. The molecule has 0 bridgehead atoms. The van der Waals surface area contributed by atoms with E-state index in [-0.39, 0.29) is 36.4 Å². The zero-order valence-corrected chi connectivity index (χ0v) is 12.5. The monoisotopic (exact) mass is 337 g/mol. The maximum Gasteiger partial charge on any atom is 0.257 e. The average molecular weight is 337 g/mol. The number of carbonyl (C=O) groups excluding carboxylic acids is 1. The van der Waals surface area contributed by atoms with Crippen LogP contribution in [0.15, 0.2) is 36.4 Å². The lowest BCUT2D eigenvalue weighted by molar-refractivity contribution is 0.0747. The normalized spacial score (nSPS) is 20.4. The molecule has 1 fully saturated rings. The number of hydrogen-bond acceptors (Lipinski definition) is 3. The smallest absolute Gasteiger partial charge is 0.257 e. The highest BCUT2D eigenvalue weighted by Crippen LogP contribution is 2.38. The van der Waals surface area contributed by atoms with Crippen LogP contribution in [0.4, 0.5) is 13.2 Å². The van der Waals surface area contributed by atoms with Crippen LogP contribution >= 0.6 is 0 Å². The highest BCUT2D eigenvalue weighted by Gasteiger charge is 2.42. The molecule has 3 rings (SSSR count). The van der Waals surface area contributed by atoms with Crippen molar-refractivity contribution < 1.29 is 28.2 Å². The van der Waals surface area contributed by atoms with E-state index in [2.05, 4.69) is 0 Å². The molecule has 1 aliphatic heterocycles. The van der Waals surface area contributed by atoms with E-state index in [1.54, 1.807) is 0 Å². The molecule has 126 valence electrons. The molecule has 1 aliphatic rings. The highest BCUT2D eigenvalue weighted by molar-refractivity contribution is 5.97. The van der Waals surface area contributed by atoms with E-state index in [1.807, 2.05) is 0 Å². The van der Waals surface area contributed by atoms with Crippen LogP contribution in [-0.4, -0.2) is 34.1 Å². The van der Waals surface area contributed by atoms with E-state index in [0.717, 1.165) is 23.1 Å². The Kier molecular flexibility index (Phi) is 3.87. The summed E-state index contributed by atoms with van der Waals surface area (Å²) in [6.45, 7) is -0.344. The van der Waals surface area contributed by atoms with Crippen LogP contribution in [0, 0.1) is 11.6 Å². The number of carbonyl (C=O) groups is 1. The van der Waals surface area contributed by atoms with Gasteiger partial charge in [-0.2, -0.15) is 0 Å². The van der Waals surface area contributed by atoms with Crippen LogP contribution < -0.4 is 0 Å². The van der Waals surface area contributed by atoms with Gasteiger partial charge in [0.1, 0.15) is 23.1 Å². The topological polar surface area (TPSA) is 60.8 Å². The average Bonchev–Trinajstić information content (AvgIpc) is 2.90. The minimum atomic E-state index is -2.06. The predicted molar refractivity (Wildman–Crippen MR) is 79.4 cm³/mol. The summed E-state index contributed by atoms with van der Waals surface area (Å²) in [7, 11) is 0. The highest BCUT2D eigenvalue weighted by atomic mass is 19.1. The summed E-state index contributed by atoms with van der Waals surface area (Å²) in [5, 5.41) is 19.0. The van der Waals surface area contributed by atoms with Crippen molar-refractivity contribution in [1.29, 1.82) is 0 Å². The zero-order chi connectivity index (χ0) is 17.5. The number of hydrogen-bond donors (Lipinski definition) is 2. The number of alkyl halides is 1. The molecule has 4 nitrogen and oxygen atoms in total. The number of phenolic OH excluding ortho intramolecular Hbond substituents is 2. The third-order valence-electron chi connectivity index (χ3n) is 4.10. The van der Waals surface area contributed by atoms with E-state index in [1.165, 1.54) is 12.1 Å². The van der Waals surface area contributed by atoms with E-state index >= 15 is 4.39 Å². The van der Waals surface area contributed by atoms with Gasteiger partial charge in [0, 0.05) is 25.1 Å². The molecule has 0 aliphatic carbocycles. The van der Waals surface area contributed by atoms with Crippen LogP contribution in [0.2, 0.25) is 0 Å². The maximum atomic E-state index is 15.1. The lowest BCUT2D eigenvalue weighted by Crippen LogP contribution is -2.32. The molecule has 2 aromatic carbocycles. The number of nitrogens with zero attached hydrogens (tertiary/aromatic N) is 1. The fourth-order valence-electron chi connectivity index (χ4n) is 2.87. The standard InChI is InChI=1S/C17H14F3NO3/c18-11-5-10(6-12(19)7-11)17(20)3-4-21(9-17)16(24)14-2-1-13(22)8-15(14)23/h1-2,5-8,22-23H,3-4,9H2/t17-/m0/s1. The van der Waals surface area contributed by atoms with Gasteiger partial charge in [-0.05, 0) is 29.8 Å². The molecule has 1 atom stereocenters. The number of amides is 1. The SMILES string of the molecule is O=C(c1ccc(O)cc1O)N1CC[C@@](F)(c2cc(F)cc(F)c2)C1. The van der Waals surface area contributed by atoms with Crippen molar-refractivity contribution in [1.82, 2.24) is 4.90 Å². The second kappa shape index (κ2) is 5.74. The van der Waals surface area contributed by atoms with Crippen molar-refractivity contribution in [3.05, 3.63) is 59.2 Å². The third-order valence-corrected chi connectivity index (χ3v) is 4.10. The molecule has 2 N–H and O–H groups in total. The summed E-state index contributed by atoms with van der Waals surface area (Å²) in [5.41, 5.74) is -2.31. The summed E-state index contributed by atoms with van der Waals surface area (Å²) >= 11 is 0. The molecule has 0 radical (unpaired) electrons. The Balaban J connectivity index is 1.85. The summed E-state index contributed by atoms with van der Waals surface area (Å²) < 4.78 is 41.7. The molecule has 2 aromatic rings. The van der Waals surface area contributed by atoms with Gasteiger partial charge in [-0.15, -0.1) is 0 Å². The molecule has 1 amide bonds. The summed E-state index contributed by atoms with van der Waals surface area (Å²) in [6, 6.07) is 5.94. The van der Waals surface area contributed by atoms with Gasteiger partial charge in [0.2, 0.25) is 0 Å². The summed E-state index contributed by atoms with van der Waals surface area (Å²) in [5.74, 6) is -3.02. The Morgan fingerprint density at radius 2 is 1.75 bits per heavy atom. The molecule has 0 spiro atoms. The molecule has 1 heterocycles. The first-order chi connectivity index (χ1) is 11.3. The van der Waals surface area contributed by atoms with E-state index in [9.17, 15) is 23.8 Å². The van der Waals surface area contributed by atoms with Crippen molar-refractivity contribution in [2.45, 2.75) is 12.1 Å². The lowest BCUT2D eigenvalue weighted by atomic mass is 9.95. The predicted octanol–water partition coefficient (Wildman–Crippen LogP) is 3.09. The largest absolute Gasteiger partial charge is 0.508 e. The first-order valence-electron chi connectivity index (χ1n) is 7.25. The molecule has 1 saturated heterocycles. The Morgan fingerprint density at radius 3 is 2.38 bits per heavy atom. The van der Waals surface area contributed by atoms with Crippen molar-refractivity contribution in [3.63, 3.8) is 0 Å². The zero-order valence-electron chi connectivity index (χ0n) is 12.5. The fraction of sp³-hybridized carbons (Fsp3) is 0.235. The van der Waals surface area contributed by atoms with Gasteiger partial charge in [-0.25, -0.2) is 13.2 Å². The van der Waals surface area contributed by atoms with Crippen molar-refractivity contribution in [3.8, 4) is 11.5 Å². The van der Waals surface area contributed by atoms with Gasteiger partial charge >= 0.3 is 0 Å². The van der Waals surface area contributed by atoms with Gasteiger partial charge < -0.3 is 15.1 Å². The van der Waals surface area contributed by atoms with Gasteiger partial charge in [0.05, 0.1) is 12.1 Å². The van der Waals surface area contributed by atoms with Crippen LogP contribution in [0.3, 0.4) is 0 Å². The van der Waals surface area contributed by atoms with Gasteiger partial charge in [-0.3, -0.25) is 4.79 Å².